The fraction of sp³-hybridized carbons (Fsp3) is 0.333. The molecule has 1 saturated carbocycles. The van der Waals surface area contributed by atoms with Crippen LogP contribution in [0.15, 0.2) is 21.1 Å². The standard InChI is InChI=1S/C15H13BrClF2NO3/c1-2-23-15(22)9(6-20-7-3-4-7)14(21)8-5-10(16)13(19)11(17)12(8)18/h5-7,21H,2-4H2,1H3/b14-9+,20-6?. The highest BCUT2D eigenvalue weighted by molar-refractivity contribution is 9.10. The molecule has 4 nitrogen and oxygen atoms in total. The second-order valence-electron chi connectivity index (χ2n) is 4.84. The van der Waals surface area contributed by atoms with Crippen LogP contribution in [0.4, 0.5) is 8.78 Å². The molecule has 124 valence electrons. The molecule has 0 unspecified atom stereocenters. The zero-order valence-electron chi connectivity index (χ0n) is 12.1. The fourth-order valence-electron chi connectivity index (χ4n) is 1.71. The summed E-state index contributed by atoms with van der Waals surface area (Å²) < 4.78 is 32.4. The van der Waals surface area contributed by atoms with Crippen LogP contribution >= 0.6 is 27.5 Å². The maximum atomic E-state index is 14.1. The maximum Gasteiger partial charge on any atom is 0.343 e. The van der Waals surface area contributed by atoms with Gasteiger partial charge >= 0.3 is 5.97 Å². The van der Waals surface area contributed by atoms with E-state index in [-0.39, 0.29) is 22.7 Å². The van der Waals surface area contributed by atoms with Gasteiger partial charge in [-0.3, -0.25) is 4.99 Å². The van der Waals surface area contributed by atoms with Gasteiger partial charge in [-0.15, -0.1) is 0 Å². The van der Waals surface area contributed by atoms with Crippen molar-refractivity contribution in [1.29, 1.82) is 0 Å². The third kappa shape index (κ3) is 4.09. The zero-order valence-corrected chi connectivity index (χ0v) is 14.4. The number of aliphatic hydroxyl groups excluding tert-OH is 1. The number of hydrogen-bond donors (Lipinski definition) is 1. The van der Waals surface area contributed by atoms with Crippen LogP contribution in [0, 0.1) is 11.6 Å². The van der Waals surface area contributed by atoms with Gasteiger partial charge in [-0.25, -0.2) is 13.6 Å². The van der Waals surface area contributed by atoms with E-state index < -0.39 is 33.9 Å². The molecule has 0 aromatic heterocycles. The lowest BCUT2D eigenvalue weighted by Gasteiger charge is -2.10. The van der Waals surface area contributed by atoms with Crippen molar-refractivity contribution in [2.75, 3.05) is 6.61 Å². The van der Waals surface area contributed by atoms with Crippen LogP contribution in [0.3, 0.4) is 0 Å². The molecule has 0 heterocycles. The summed E-state index contributed by atoms with van der Waals surface area (Å²) in [6.45, 7) is 1.67. The van der Waals surface area contributed by atoms with E-state index >= 15 is 0 Å². The summed E-state index contributed by atoms with van der Waals surface area (Å²) in [7, 11) is 0. The summed E-state index contributed by atoms with van der Waals surface area (Å²) in [5, 5.41) is 9.49. The first kappa shape index (κ1) is 17.9. The molecule has 8 heteroatoms. The number of aliphatic hydroxyl groups is 1. The number of ether oxygens (including phenoxy) is 1. The number of nitrogens with zero attached hydrogens (tertiary/aromatic N) is 1. The number of esters is 1. The largest absolute Gasteiger partial charge is 0.506 e. The van der Waals surface area contributed by atoms with Gasteiger partial charge in [0.25, 0.3) is 0 Å². The van der Waals surface area contributed by atoms with Crippen LogP contribution in [0.1, 0.15) is 25.3 Å². The Hall–Kier alpha value is -1.47. The van der Waals surface area contributed by atoms with Gasteiger partial charge in [0.1, 0.15) is 16.4 Å². The first-order valence-corrected chi connectivity index (χ1v) is 8.00. The Morgan fingerprint density at radius 3 is 2.74 bits per heavy atom. The van der Waals surface area contributed by atoms with Crippen molar-refractivity contribution in [2.45, 2.75) is 25.8 Å². The molecule has 0 radical (unpaired) electrons. The smallest absolute Gasteiger partial charge is 0.343 e. The fourth-order valence-corrected chi connectivity index (χ4v) is 2.46. The van der Waals surface area contributed by atoms with Crippen molar-refractivity contribution in [3.8, 4) is 0 Å². The number of hydrogen-bond acceptors (Lipinski definition) is 4. The summed E-state index contributed by atoms with van der Waals surface area (Å²) in [6, 6.07) is 1.08. The lowest BCUT2D eigenvalue weighted by molar-refractivity contribution is -0.137. The Morgan fingerprint density at radius 1 is 1.52 bits per heavy atom. The average Bonchev–Trinajstić information content (AvgIpc) is 3.33. The molecule has 0 aliphatic heterocycles. The van der Waals surface area contributed by atoms with E-state index in [9.17, 15) is 18.7 Å². The number of carbonyl (C=O) groups excluding carboxylic acids is 1. The molecule has 1 aliphatic carbocycles. The molecule has 1 N–H and O–H groups in total. The summed E-state index contributed by atoms with van der Waals surface area (Å²) in [4.78, 5) is 16.1. The highest BCUT2D eigenvalue weighted by Crippen LogP contribution is 2.32. The van der Waals surface area contributed by atoms with E-state index in [4.69, 9.17) is 16.3 Å². The normalized spacial score (nSPS) is 15.7. The topological polar surface area (TPSA) is 58.9 Å². The zero-order chi connectivity index (χ0) is 17.1. The first-order valence-electron chi connectivity index (χ1n) is 6.83. The minimum Gasteiger partial charge on any atom is -0.506 e. The molecule has 0 saturated heterocycles. The molecule has 1 aliphatic rings. The Balaban J connectivity index is 2.54. The van der Waals surface area contributed by atoms with Gasteiger partial charge in [-0.1, -0.05) is 11.6 Å². The van der Waals surface area contributed by atoms with Gasteiger partial charge in [-0.2, -0.15) is 0 Å². The summed E-state index contributed by atoms with van der Waals surface area (Å²) in [5.41, 5.74) is -0.735. The van der Waals surface area contributed by atoms with Crippen LogP contribution < -0.4 is 0 Å². The number of benzene rings is 1. The Bertz CT molecular complexity index is 702. The molecule has 0 amide bonds. The second kappa shape index (κ2) is 7.40. The van der Waals surface area contributed by atoms with Crippen molar-refractivity contribution in [3.63, 3.8) is 0 Å². The predicted octanol–water partition coefficient (Wildman–Crippen LogP) is 4.45. The number of aliphatic imine (C=N–C) groups is 1. The maximum absolute atomic E-state index is 14.1. The van der Waals surface area contributed by atoms with Crippen LogP contribution in [-0.2, 0) is 9.53 Å². The first-order chi connectivity index (χ1) is 10.9. The van der Waals surface area contributed by atoms with Crippen molar-refractivity contribution in [2.24, 2.45) is 4.99 Å². The molecule has 23 heavy (non-hydrogen) atoms. The molecule has 0 atom stereocenters. The van der Waals surface area contributed by atoms with E-state index in [0.717, 1.165) is 25.1 Å². The Labute approximate surface area is 144 Å². The van der Waals surface area contributed by atoms with Gasteiger partial charge in [0.15, 0.2) is 11.6 Å². The van der Waals surface area contributed by atoms with E-state index in [1.54, 1.807) is 6.92 Å². The van der Waals surface area contributed by atoms with Gasteiger partial charge in [-0.05, 0) is 41.8 Å². The quantitative estimate of drug-likeness (QED) is 0.196. The van der Waals surface area contributed by atoms with Crippen molar-refractivity contribution < 1.29 is 23.4 Å². The van der Waals surface area contributed by atoms with Gasteiger partial charge in [0.2, 0.25) is 0 Å². The highest BCUT2D eigenvalue weighted by atomic mass is 79.9. The third-order valence-electron chi connectivity index (χ3n) is 3.07. The van der Waals surface area contributed by atoms with Crippen LogP contribution in [0.25, 0.3) is 5.76 Å². The number of rotatable bonds is 5. The Morgan fingerprint density at radius 2 is 2.17 bits per heavy atom. The average molecular weight is 409 g/mol. The van der Waals surface area contributed by atoms with Crippen LogP contribution in [-0.4, -0.2) is 29.9 Å². The van der Waals surface area contributed by atoms with E-state index in [1.165, 1.54) is 0 Å². The lowest BCUT2D eigenvalue weighted by atomic mass is 10.1. The monoisotopic (exact) mass is 407 g/mol. The number of carbonyl (C=O) groups is 1. The predicted molar refractivity (Wildman–Crippen MR) is 86.8 cm³/mol. The van der Waals surface area contributed by atoms with Crippen LogP contribution in [0.5, 0.6) is 0 Å². The van der Waals surface area contributed by atoms with Crippen molar-refractivity contribution in [1.82, 2.24) is 0 Å². The molecule has 1 fully saturated rings. The minimum absolute atomic E-state index is 0.0727. The third-order valence-corrected chi connectivity index (χ3v) is 3.98. The summed E-state index contributed by atoms with van der Waals surface area (Å²) in [5.74, 6) is -3.74. The molecular formula is C15H13BrClF2NO3. The molecule has 0 bridgehead atoms. The second-order valence-corrected chi connectivity index (χ2v) is 6.07. The highest BCUT2D eigenvalue weighted by Gasteiger charge is 2.25. The molecular weight excluding hydrogens is 396 g/mol. The van der Waals surface area contributed by atoms with Gasteiger partial charge in [0, 0.05) is 6.21 Å². The van der Waals surface area contributed by atoms with E-state index in [2.05, 4.69) is 20.9 Å². The molecule has 1 aromatic rings. The molecule has 0 spiro atoms. The van der Waals surface area contributed by atoms with Crippen molar-refractivity contribution >= 4 is 45.5 Å². The molecule has 1 aromatic carbocycles. The summed E-state index contributed by atoms with van der Waals surface area (Å²) >= 11 is 8.43. The van der Waals surface area contributed by atoms with Crippen LogP contribution in [0.2, 0.25) is 5.02 Å². The minimum atomic E-state index is -1.17. The van der Waals surface area contributed by atoms with Crippen molar-refractivity contribution in [3.05, 3.63) is 38.3 Å². The summed E-state index contributed by atoms with van der Waals surface area (Å²) in [6.07, 6.45) is 2.92. The number of halogens is 4. The van der Waals surface area contributed by atoms with Gasteiger partial charge in [0.05, 0.1) is 22.7 Å². The van der Waals surface area contributed by atoms with Gasteiger partial charge < -0.3 is 9.84 Å². The van der Waals surface area contributed by atoms with E-state index in [0.29, 0.717) is 0 Å². The SMILES string of the molecule is CCOC(=O)/C(C=NC1CC1)=C(/O)c1cc(Br)c(F)c(Cl)c1F. The molecule has 2 rings (SSSR count). The lowest BCUT2D eigenvalue weighted by Crippen LogP contribution is -2.12. The Kier molecular flexibility index (Phi) is 5.75. The van der Waals surface area contributed by atoms with E-state index in [1.807, 2.05) is 0 Å².